The molecule has 0 aromatic carbocycles. The summed E-state index contributed by atoms with van der Waals surface area (Å²) in [6, 6.07) is 3.57. The molecule has 0 radical (unpaired) electrons. The summed E-state index contributed by atoms with van der Waals surface area (Å²) in [5, 5.41) is 6.83. The molecule has 2 aromatic heterocycles. The lowest BCUT2D eigenvalue weighted by molar-refractivity contribution is 0.412. The van der Waals surface area contributed by atoms with Crippen molar-refractivity contribution < 1.29 is 4.52 Å². The van der Waals surface area contributed by atoms with E-state index in [2.05, 4.69) is 31.4 Å². The van der Waals surface area contributed by atoms with Crippen LogP contribution in [-0.2, 0) is 6.54 Å². The number of hydrogen-bond donors (Lipinski definition) is 2. The maximum Gasteiger partial charge on any atom is 0.149 e. The highest BCUT2D eigenvalue weighted by molar-refractivity contribution is 9.10. The number of rotatable bonds is 3. The number of nitrogens with zero attached hydrogens (tertiary/aromatic N) is 2. The van der Waals surface area contributed by atoms with Gasteiger partial charge in [0.15, 0.2) is 0 Å². The molecule has 0 aliphatic carbocycles. The molecule has 5 nitrogen and oxygen atoms in total. The molecule has 0 amide bonds. The molecule has 0 fully saturated rings. The van der Waals surface area contributed by atoms with Crippen LogP contribution >= 0.6 is 15.9 Å². The zero-order valence-electron chi connectivity index (χ0n) is 7.77. The first-order valence-corrected chi connectivity index (χ1v) is 5.09. The van der Waals surface area contributed by atoms with Gasteiger partial charge in [0.2, 0.25) is 0 Å². The Labute approximate surface area is 94.8 Å². The van der Waals surface area contributed by atoms with Gasteiger partial charge in [0, 0.05) is 16.7 Å². The highest BCUT2D eigenvalue weighted by Gasteiger charge is 2.02. The van der Waals surface area contributed by atoms with Crippen molar-refractivity contribution in [2.24, 2.45) is 0 Å². The third kappa shape index (κ3) is 2.47. The number of hydrogen-bond acceptors (Lipinski definition) is 5. The Morgan fingerprint density at radius 3 is 3.07 bits per heavy atom. The fourth-order valence-electron chi connectivity index (χ4n) is 1.11. The van der Waals surface area contributed by atoms with E-state index in [1.165, 1.54) is 6.26 Å². The lowest BCUT2D eigenvalue weighted by atomic mass is 10.3. The first-order valence-electron chi connectivity index (χ1n) is 4.30. The van der Waals surface area contributed by atoms with Crippen LogP contribution in [0.3, 0.4) is 0 Å². The summed E-state index contributed by atoms with van der Waals surface area (Å²) in [7, 11) is 0. The van der Waals surface area contributed by atoms with Crippen molar-refractivity contribution in [3.8, 4) is 0 Å². The van der Waals surface area contributed by atoms with Crippen LogP contribution in [0.2, 0.25) is 0 Å². The summed E-state index contributed by atoms with van der Waals surface area (Å²) in [4.78, 5) is 4.14. The molecule has 15 heavy (non-hydrogen) atoms. The zero-order valence-corrected chi connectivity index (χ0v) is 9.36. The van der Waals surface area contributed by atoms with Crippen LogP contribution in [0.4, 0.5) is 11.5 Å². The normalized spacial score (nSPS) is 10.2. The second-order valence-corrected chi connectivity index (χ2v) is 3.85. The summed E-state index contributed by atoms with van der Waals surface area (Å²) in [5.41, 5.74) is 7.16. The van der Waals surface area contributed by atoms with Gasteiger partial charge in [-0.05, 0) is 22.0 Å². The van der Waals surface area contributed by atoms with Crippen molar-refractivity contribution in [1.82, 2.24) is 10.1 Å². The molecule has 6 heteroatoms. The Hall–Kier alpha value is -1.56. The molecule has 0 spiro atoms. The first kappa shape index (κ1) is 9.97. The van der Waals surface area contributed by atoms with Gasteiger partial charge in [0.25, 0.3) is 0 Å². The smallest absolute Gasteiger partial charge is 0.149 e. The molecular weight excluding hydrogens is 260 g/mol. The predicted molar refractivity (Wildman–Crippen MR) is 60.2 cm³/mol. The molecule has 0 atom stereocenters. The van der Waals surface area contributed by atoms with Gasteiger partial charge >= 0.3 is 0 Å². The number of aromatic nitrogens is 2. The highest BCUT2D eigenvalue weighted by atomic mass is 79.9. The van der Waals surface area contributed by atoms with Crippen molar-refractivity contribution in [3.63, 3.8) is 0 Å². The van der Waals surface area contributed by atoms with Crippen LogP contribution < -0.4 is 11.1 Å². The van der Waals surface area contributed by atoms with Gasteiger partial charge in [-0.2, -0.15) is 0 Å². The standard InChI is InChI=1S/C9H9BrN4O/c10-6-3-8(11)9(12-4-6)13-5-7-1-2-15-14-7/h1-4H,5,11H2,(H,12,13). The van der Waals surface area contributed by atoms with Crippen molar-refractivity contribution in [3.05, 3.63) is 34.8 Å². The average molecular weight is 269 g/mol. The minimum Gasteiger partial charge on any atom is -0.396 e. The molecule has 0 unspecified atom stereocenters. The third-order valence-corrected chi connectivity index (χ3v) is 2.25. The Morgan fingerprint density at radius 1 is 1.53 bits per heavy atom. The minimum atomic E-state index is 0.537. The van der Waals surface area contributed by atoms with E-state index in [0.717, 1.165) is 10.2 Å². The largest absolute Gasteiger partial charge is 0.396 e. The molecule has 78 valence electrons. The van der Waals surface area contributed by atoms with Crippen molar-refractivity contribution in [1.29, 1.82) is 0 Å². The van der Waals surface area contributed by atoms with Crippen LogP contribution in [0.15, 0.2) is 33.6 Å². The highest BCUT2D eigenvalue weighted by Crippen LogP contribution is 2.20. The molecule has 0 aliphatic rings. The van der Waals surface area contributed by atoms with Crippen molar-refractivity contribution in [2.45, 2.75) is 6.54 Å². The van der Waals surface area contributed by atoms with E-state index in [9.17, 15) is 0 Å². The summed E-state index contributed by atoms with van der Waals surface area (Å²) in [5.74, 6) is 0.640. The zero-order chi connectivity index (χ0) is 10.7. The van der Waals surface area contributed by atoms with Gasteiger partial charge in [-0.15, -0.1) is 0 Å². The lowest BCUT2D eigenvalue weighted by Crippen LogP contribution is -2.04. The molecule has 3 N–H and O–H groups in total. The SMILES string of the molecule is Nc1cc(Br)cnc1NCc1ccon1. The van der Waals surface area contributed by atoms with Gasteiger partial charge < -0.3 is 15.6 Å². The number of nitrogen functional groups attached to an aromatic ring is 1. The molecular formula is C9H9BrN4O. The lowest BCUT2D eigenvalue weighted by Gasteiger charge is -2.06. The molecule has 0 aliphatic heterocycles. The van der Waals surface area contributed by atoms with Crippen LogP contribution in [0, 0.1) is 0 Å². The second kappa shape index (κ2) is 4.31. The van der Waals surface area contributed by atoms with Gasteiger partial charge in [0.05, 0.1) is 12.2 Å². The Morgan fingerprint density at radius 2 is 2.40 bits per heavy atom. The van der Waals surface area contributed by atoms with E-state index in [4.69, 9.17) is 10.3 Å². The average Bonchev–Trinajstić information content (AvgIpc) is 2.69. The fraction of sp³-hybridized carbons (Fsp3) is 0.111. The first-order chi connectivity index (χ1) is 7.25. The van der Waals surface area contributed by atoms with E-state index < -0.39 is 0 Å². The number of nitrogens with two attached hydrogens (primary N) is 1. The van der Waals surface area contributed by atoms with E-state index in [-0.39, 0.29) is 0 Å². The topological polar surface area (TPSA) is 77.0 Å². The van der Waals surface area contributed by atoms with Gasteiger partial charge in [-0.1, -0.05) is 5.16 Å². The van der Waals surface area contributed by atoms with E-state index in [0.29, 0.717) is 18.1 Å². The van der Waals surface area contributed by atoms with Gasteiger partial charge in [-0.25, -0.2) is 4.98 Å². The van der Waals surface area contributed by atoms with Crippen LogP contribution in [0.5, 0.6) is 0 Å². The number of halogens is 1. The maximum atomic E-state index is 5.76. The van der Waals surface area contributed by atoms with Crippen molar-refractivity contribution in [2.75, 3.05) is 11.1 Å². The maximum absolute atomic E-state index is 5.76. The quantitative estimate of drug-likeness (QED) is 0.891. The third-order valence-electron chi connectivity index (χ3n) is 1.81. The Kier molecular flexibility index (Phi) is 2.86. The molecule has 0 bridgehead atoms. The molecule has 0 saturated carbocycles. The monoisotopic (exact) mass is 268 g/mol. The van der Waals surface area contributed by atoms with Gasteiger partial charge in [-0.3, -0.25) is 0 Å². The second-order valence-electron chi connectivity index (χ2n) is 2.94. The Bertz CT molecular complexity index is 443. The molecule has 2 aromatic rings. The van der Waals surface area contributed by atoms with E-state index in [1.54, 1.807) is 18.3 Å². The molecule has 0 saturated heterocycles. The predicted octanol–water partition coefficient (Wildman–Crippen LogP) is 2.03. The van der Waals surface area contributed by atoms with Gasteiger partial charge in [0.1, 0.15) is 17.8 Å². The number of nitrogens with one attached hydrogen (secondary N) is 1. The van der Waals surface area contributed by atoms with E-state index >= 15 is 0 Å². The summed E-state index contributed by atoms with van der Waals surface area (Å²) < 4.78 is 5.56. The number of pyridine rings is 1. The summed E-state index contributed by atoms with van der Waals surface area (Å²) >= 11 is 3.29. The van der Waals surface area contributed by atoms with Crippen LogP contribution in [-0.4, -0.2) is 10.1 Å². The summed E-state index contributed by atoms with van der Waals surface area (Å²) in [6.45, 7) is 0.537. The van der Waals surface area contributed by atoms with E-state index in [1.807, 2.05) is 0 Å². The molecule has 2 rings (SSSR count). The fourth-order valence-corrected chi connectivity index (χ4v) is 1.45. The minimum absolute atomic E-state index is 0.537. The number of anilines is 2. The molecule has 2 heterocycles. The summed E-state index contributed by atoms with van der Waals surface area (Å²) in [6.07, 6.45) is 3.21. The Balaban J connectivity index is 2.05. The van der Waals surface area contributed by atoms with Crippen LogP contribution in [0.25, 0.3) is 0 Å². The van der Waals surface area contributed by atoms with Crippen molar-refractivity contribution >= 4 is 27.4 Å². The van der Waals surface area contributed by atoms with Crippen LogP contribution in [0.1, 0.15) is 5.69 Å².